The molecule has 0 spiro atoms. The minimum Gasteiger partial charge on any atom is -0.468 e. The van der Waals surface area contributed by atoms with Gasteiger partial charge in [0.2, 0.25) is 0 Å². The summed E-state index contributed by atoms with van der Waals surface area (Å²) in [6, 6.07) is 0.0150. The second kappa shape index (κ2) is 3.69. The number of esters is 1. The summed E-state index contributed by atoms with van der Waals surface area (Å²) in [5.41, 5.74) is 0. The molecule has 2 fully saturated rings. The highest BCUT2D eigenvalue weighted by molar-refractivity contribution is 5.81. The van der Waals surface area contributed by atoms with Crippen molar-refractivity contribution in [3.05, 3.63) is 0 Å². The van der Waals surface area contributed by atoms with Crippen LogP contribution in [0, 0.1) is 5.92 Å². The van der Waals surface area contributed by atoms with E-state index in [1.807, 2.05) is 0 Å². The third kappa shape index (κ3) is 1.66. The number of ketones is 1. The van der Waals surface area contributed by atoms with E-state index >= 15 is 0 Å². The quantitative estimate of drug-likeness (QED) is 0.613. The molecule has 1 heterocycles. The number of carbonyl (C=O) groups excluding carboxylic acids is 2. The van der Waals surface area contributed by atoms with Crippen LogP contribution in [0.15, 0.2) is 0 Å². The Morgan fingerprint density at radius 2 is 2.36 bits per heavy atom. The van der Waals surface area contributed by atoms with Crippen molar-refractivity contribution in [1.29, 1.82) is 0 Å². The molecule has 0 unspecified atom stereocenters. The van der Waals surface area contributed by atoms with Crippen LogP contribution < -0.4 is 5.32 Å². The van der Waals surface area contributed by atoms with Gasteiger partial charge in [0.1, 0.15) is 11.8 Å². The summed E-state index contributed by atoms with van der Waals surface area (Å²) >= 11 is 0. The average Bonchev–Trinajstić information content (AvgIpc) is 2.59. The van der Waals surface area contributed by atoms with Crippen molar-refractivity contribution in [2.24, 2.45) is 5.92 Å². The molecule has 78 valence electrons. The molecular formula is C10H15NO3. The van der Waals surface area contributed by atoms with Crippen molar-refractivity contribution in [1.82, 2.24) is 5.32 Å². The Morgan fingerprint density at radius 3 is 3.07 bits per heavy atom. The zero-order valence-electron chi connectivity index (χ0n) is 8.29. The molecule has 4 heteroatoms. The molecule has 4 nitrogen and oxygen atoms in total. The Kier molecular flexibility index (Phi) is 2.54. The maximum atomic E-state index is 11.3. The molecule has 2 rings (SSSR count). The predicted octanol–water partition coefficient (Wildman–Crippen LogP) is 0.259. The summed E-state index contributed by atoms with van der Waals surface area (Å²) in [6.07, 6.45) is 3.00. The lowest BCUT2D eigenvalue weighted by Gasteiger charge is -2.23. The summed E-state index contributed by atoms with van der Waals surface area (Å²) in [4.78, 5) is 22.5. The van der Waals surface area contributed by atoms with Gasteiger partial charge in [0, 0.05) is 18.9 Å². The standard InChI is InChI=1S/C10H15NO3/c1-14-10(13)9-4-6-2-3-7(12)5-8(6)11-9/h6,8-9,11H,2-5H2,1H3/t6-,8-,9-/m0/s1. The summed E-state index contributed by atoms with van der Waals surface area (Å²) in [5, 5.41) is 3.18. The van der Waals surface area contributed by atoms with E-state index in [-0.39, 0.29) is 18.1 Å². The summed E-state index contributed by atoms with van der Waals surface area (Å²) < 4.78 is 4.68. The van der Waals surface area contributed by atoms with Gasteiger partial charge in [-0.25, -0.2) is 0 Å². The Bertz CT molecular complexity index is 264. The first-order valence-corrected chi connectivity index (χ1v) is 5.06. The zero-order chi connectivity index (χ0) is 10.1. The molecule has 2 aliphatic rings. The van der Waals surface area contributed by atoms with Gasteiger partial charge in [-0.05, 0) is 18.8 Å². The first kappa shape index (κ1) is 9.65. The molecule has 1 saturated heterocycles. The molecule has 3 atom stereocenters. The third-order valence-electron chi connectivity index (χ3n) is 3.25. The Balaban J connectivity index is 1.98. The van der Waals surface area contributed by atoms with E-state index in [4.69, 9.17) is 0 Å². The van der Waals surface area contributed by atoms with Gasteiger partial charge in [0.05, 0.1) is 7.11 Å². The maximum absolute atomic E-state index is 11.3. The number of hydrogen-bond acceptors (Lipinski definition) is 4. The number of Topliss-reactive ketones (excluding diaryl/α,β-unsaturated/α-hetero) is 1. The van der Waals surface area contributed by atoms with Crippen LogP contribution in [0.2, 0.25) is 0 Å². The Morgan fingerprint density at radius 1 is 1.57 bits per heavy atom. The number of nitrogens with one attached hydrogen (secondary N) is 1. The van der Waals surface area contributed by atoms with Crippen molar-refractivity contribution in [2.75, 3.05) is 7.11 Å². The van der Waals surface area contributed by atoms with E-state index in [1.54, 1.807) is 0 Å². The molecule has 0 aromatic carbocycles. The lowest BCUT2D eigenvalue weighted by molar-refractivity contribution is -0.142. The molecule has 1 aliphatic heterocycles. The minimum atomic E-state index is -0.202. The lowest BCUT2D eigenvalue weighted by Crippen LogP contribution is -2.39. The molecule has 0 bridgehead atoms. The largest absolute Gasteiger partial charge is 0.468 e. The normalized spacial score (nSPS) is 36.6. The van der Waals surface area contributed by atoms with Gasteiger partial charge < -0.3 is 10.1 Å². The SMILES string of the molecule is COC(=O)[C@@H]1C[C@@H]2CCC(=O)C[C@@H]2N1. The van der Waals surface area contributed by atoms with Gasteiger partial charge in [0.25, 0.3) is 0 Å². The van der Waals surface area contributed by atoms with E-state index < -0.39 is 0 Å². The van der Waals surface area contributed by atoms with Crippen molar-refractivity contribution in [2.45, 2.75) is 37.8 Å². The van der Waals surface area contributed by atoms with Gasteiger partial charge in [-0.2, -0.15) is 0 Å². The maximum Gasteiger partial charge on any atom is 0.322 e. The number of methoxy groups -OCH3 is 1. The molecule has 14 heavy (non-hydrogen) atoms. The van der Waals surface area contributed by atoms with Crippen LogP contribution in [0.3, 0.4) is 0 Å². The van der Waals surface area contributed by atoms with Crippen LogP contribution in [0.5, 0.6) is 0 Å². The fourth-order valence-corrected chi connectivity index (χ4v) is 2.47. The predicted molar refractivity (Wildman–Crippen MR) is 49.7 cm³/mol. The van der Waals surface area contributed by atoms with Crippen LogP contribution in [0.1, 0.15) is 25.7 Å². The summed E-state index contributed by atoms with van der Waals surface area (Å²) in [5.74, 6) is 0.591. The number of rotatable bonds is 1. The second-order valence-electron chi connectivity index (χ2n) is 4.13. The monoisotopic (exact) mass is 197 g/mol. The van der Waals surface area contributed by atoms with Gasteiger partial charge in [0.15, 0.2) is 0 Å². The van der Waals surface area contributed by atoms with Gasteiger partial charge in [-0.1, -0.05) is 0 Å². The number of carbonyl (C=O) groups is 2. The van der Waals surface area contributed by atoms with E-state index in [0.29, 0.717) is 24.5 Å². The molecule has 0 radical (unpaired) electrons. The van der Waals surface area contributed by atoms with Crippen LogP contribution in [0.25, 0.3) is 0 Å². The topological polar surface area (TPSA) is 55.4 Å². The van der Waals surface area contributed by atoms with Gasteiger partial charge in [-0.15, -0.1) is 0 Å². The van der Waals surface area contributed by atoms with Gasteiger partial charge >= 0.3 is 5.97 Å². The smallest absolute Gasteiger partial charge is 0.322 e. The minimum absolute atomic E-state index is 0.194. The van der Waals surface area contributed by atoms with E-state index in [0.717, 1.165) is 12.8 Å². The fraction of sp³-hybridized carbons (Fsp3) is 0.800. The lowest BCUT2D eigenvalue weighted by atomic mass is 9.84. The molecule has 0 aromatic heterocycles. The van der Waals surface area contributed by atoms with Crippen molar-refractivity contribution < 1.29 is 14.3 Å². The fourth-order valence-electron chi connectivity index (χ4n) is 2.47. The van der Waals surface area contributed by atoms with Crippen LogP contribution >= 0.6 is 0 Å². The van der Waals surface area contributed by atoms with E-state index in [9.17, 15) is 9.59 Å². The molecule has 1 saturated carbocycles. The summed E-state index contributed by atoms with van der Waals surface area (Å²) in [7, 11) is 1.40. The van der Waals surface area contributed by atoms with Crippen LogP contribution in [0.4, 0.5) is 0 Å². The highest BCUT2D eigenvalue weighted by Gasteiger charge is 2.40. The van der Waals surface area contributed by atoms with Crippen LogP contribution in [-0.4, -0.2) is 30.9 Å². The zero-order valence-corrected chi connectivity index (χ0v) is 8.29. The molecule has 1 N–H and O–H groups in total. The van der Waals surface area contributed by atoms with Crippen LogP contribution in [-0.2, 0) is 14.3 Å². The Hall–Kier alpha value is -0.900. The van der Waals surface area contributed by atoms with Crippen molar-refractivity contribution in [3.63, 3.8) is 0 Å². The molecule has 1 aliphatic carbocycles. The van der Waals surface area contributed by atoms with E-state index in [2.05, 4.69) is 10.1 Å². The average molecular weight is 197 g/mol. The summed E-state index contributed by atoms with van der Waals surface area (Å²) in [6.45, 7) is 0. The molecule has 0 aromatic rings. The number of ether oxygens (including phenoxy) is 1. The Labute approximate surface area is 83.0 Å². The highest BCUT2D eigenvalue weighted by atomic mass is 16.5. The number of fused-ring (bicyclic) bond motifs is 1. The number of hydrogen-bond donors (Lipinski definition) is 1. The van der Waals surface area contributed by atoms with Crippen molar-refractivity contribution >= 4 is 11.8 Å². The van der Waals surface area contributed by atoms with Gasteiger partial charge in [-0.3, -0.25) is 9.59 Å². The molecular weight excluding hydrogens is 182 g/mol. The third-order valence-corrected chi connectivity index (χ3v) is 3.25. The van der Waals surface area contributed by atoms with E-state index in [1.165, 1.54) is 7.11 Å². The first-order valence-electron chi connectivity index (χ1n) is 5.06. The van der Waals surface area contributed by atoms with Crippen molar-refractivity contribution in [3.8, 4) is 0 Å². The highest BCUT2D eigenvalue weighted by Crippen LogP contribution is 2.31. The second-order valence-corrected chi connectivity index (χ2v) is 4.13. The molecule has 0 amide bonds. The first-order chi connectivity index (χ1) is 6.70.